The number of carbonyl (C=O) groups excluding carboxylic acids is 2. The molecule has 1 aliphatic rings. The number of non-ortho nitro benzene ring substituents is 1. The third-order valence-electron chi connectivity index (χ3n) is 3.49. The molecule has 1 atom stereocenters. The molecule has 8 nitrogen and oxygen atoms in total. The minimum Gasteiger partial charge on any atom is -0.440 e. The molecular formula is C14H14F3N3O5. The Hall–Kier alpha value is -2.85. The predicted octanol–water partition coefficient (Wildman–Crippen LogP) is 2.70. The summed E-state index contributed by atoms with van der Waals surface area (Å²) in [4.78, 5) is 34.9. The Morgan fingerprint density at radius 3 is 2.52 bits per heavy atom. The molecular weight excluding hydrogens is 347 g/mol. The first-order valence-electron chi connectivity index (χ1n) is 7.23. The zero-order chi connectivity index (χ0) is 18.6. The maximum absolute atomic E-state index is 12.2. The Balaban J connectivity index is 1.97. The first-order chi connectivity index (χ1) is 11.7. The van der Waals surface area contributed by atoms with Crippen LogP contribution < -0.4 is 5.32 Å². The van der Waals surface area contributed by atoms with Gasteiger partial charge in [-0.05, 0) is 25.0 Å². The summed E-state index contributed by atoms with van der Waals surface area (Å²) in [7, 11) is 0. The lowest BCUT2D eigenvalue weighted by atomic mass is 10.2. The Morgan fingerprint density at radius 2 is 1.96 bits per heavy atom. The number of carbonyl (C=O) groups is 2. The largest absolute Gasteiger partial charge is 0.440 e. The van der Waals surface area contributed by atoms with Crippen LogP contribution in [-0.4, -0.2) is 47.2 Å². The number of benzene rings is 1. The van der Waals surface area contributed by atoms with Crippen LogP contribution in [0.15, 0.2) is 24.3 Å². The highest BCUT2D eigenvalue weighted by Crippen LogP contribution is 2.22. The van der Waals surface area contributed by atoms with Gasteiger partial charge in [-0.25, -0.2) is 4.79 Å². The SMILES string of the molecule is O=C(Nc1ccc([N+](=O)[O-])cc1)C1CCCN1C(=O)OCC(F)(F)F. The van der Waals surface area contributed by atoms with Gasteiger partial charge in [0, 0.05) is 24.4 Å². The second kappa shape index (κ2) is 7.36. The van der Waals surface area contributed by atoms with Gasteiger partial charge < -0.3 is 10.1 Å². The monoisotopic (exact) mass is 361 g/mol. The van der Waals surface area contributed by atoms with Crippen molar-refractivity contribution in [3.63, 3.8) is 0 Å². The van der Waals surface area contributed by atoms with Crippen LogP contribution in [0.5, 0.6) is 0 Å². The van der Waals surface area contributed by atoms with Crippen LogP contribution in [0.1, 0.15) is 12.8 Å². The van der Waals surface area contributed by atoms with Gasteiger partial charge in [0.25, 0.3) is 5.69 Å². The number of nitro benzene ring substituents is 1. The first kappa shape index (κ1) is 18.5. The molecule has 1 fully saturated rings. The summed E-state index contributed by atoms with van der Waals surface area (Å²) in [6, 6.07) is 4.06. The van der Waals surface area contributed by atoms with E-state index in [0.29, 0.717) is 6.42 Å². The molecule has 136 valence electrons. The van der Waals surface area contributed by atoms with Crippen LogP contribution in [0.4, 0.5) is 29.3 Å². The van der Waals surface area contributed by atoms with Crippen LogP contribution in [-0.2, 0) is 9.53 Å². The normalized spacial score (nSPS) is 17.2. The summed E-state index contributed by atoms with van der Waals surface area (Å²) in [6.45, 7) is -1.62. The van der Waals surface area contributed by atoms with Gasteiger partial charge in [0.2, 0.25) is 5.91 Å². The van der Waals surface area contributed by atoms with Crippen LogP contribution in [0, 0.1) is 10.1 Å². The van der Waals surface area contributed by atoms with Gasteiger partial charge >= 0.3 is 12.3 Å². The highest BCUT2D eigenvalue weighted by atomic mass is 19.4. The predicted molar refractivity (Wildman–Crippen MR) is 78.9 cm³/mol. The number of nitrogens with one attached hydrogen (secondary N) is 1. The van der Waals surface area contributed by atoms with Gasteiger partial charge in [-0.2, -0.15) is 13.2 Å². The van der Waals surface area contributed by atoms with E-state index >= 15 is 0 Å². The number of amides is 2. The fraction of sp³-hybridized carbons (Fsp3) is 0.429. The molecule has 25 heavy (non-hydrogen) atoms. The average Bonchev–Trinajstić information content (AvgIpc) is 3.02. The van der Waals surface area contributed by atoms with Gasteiger partial charge in [0.05, 0.1) is 4.92 Å². The minimum atomic E-state index is -4.65. The zero-order valence-electron chi connectivity index (χ0n) is 12.8. The minimum absolute atomic E-state index is 0.106. The average molecular weight is 361 g/mol. The third-order valence-corrected chi connectivity index (χ3v) is 3.49. The summed E-state index contributed by atoms with van der Waals surface area (Å²) in [5.74, 6) is -0.602. The van der Waals surface area contributed by atoms with Gasteiger partial charge in [0.15, 0.2) is 6.61 Å². The molecule has 1 unspecified atom stereocenters. The molecule has 1 heterocycles. The Morgan fingerprint density at radius 1 is 1.32 bits per heavy atom. The van der Waals surface area contributed by atoms with Gasteiger partial charge in [-0.15, -0.1) is 0 Å². The fourth-order valence-electron chi connectivity index (χ4n) is 2.38. The maximum atomic E-state index is 12.2. The molecule has 1 aromatic rings. The highest BCUT2D eigenvalue weighted by molar-refractivity contribution is 5.96. The molecule has 11 heteroatoms. The molecule has 1 N–H and O–H groups in total. The molecule has 1 aliphatic heterocycles. The number of hydrogen-bond acceptors (Lipinski definition) is 5. The molecule has 0 bridgehead atoms. The Labute approximate surface area is 139 Å². The molecule has 1 aromatic carbocycles. The molecule has 0 aliphatic carbocycles. The molecule has 1 saturated heterocycles. The van der Waals surface area contributed by atoms with Crippen molar-refractivity contribution in [3.05, 3.63) is 34.4 Å². The van der Waals surface area contributed by atoms with E-state index in [9.17, 15) is 32.9 Å². The van der Waals surface area contributed by atoms with Crippen molar-refractivity contribution in [3.8, 4) is 0 Å². The van der Waals surface area contributed by atoms with Crippen LogP contribution in [0.25, 0.3) is 0 Å². The van der Waals surface area contributed by atoms with Crippen molar-refractivity contribution in [2.45, 2.75) is 25.1 Å². The van der Waals surface area contributed by atoms with E-state index in [1.807, 2.05) is 0 Å². The lowest BCUT2D eigenvalue weighted by Gasteiger charge is -2.23. The lowest BCUT2D eigenvalue weighted by Crippen LogP contribution is -2.44. The summed E-state index contributed by atoms with van der Waals surface area (Å²) < 4.78 is 40.5. The lowest BCUT2D eigenvalue weighted by molar-refractivity contribution is -0.384. The number of ether oxygens (including phenoxy) is 1. The smallest absolute Gasteiger partial charge is 0.422 e. The second-order valence-corrected chi connectivity index (χ2v) is 5.31. The van der Waals surface area contributed by atoms with E-state index in [0.717, 1.165) is 4.90 Å². The number of hydrogen-bond donors (Lipinski definition) is 1. The maximum Gasteiger partial charge on any atom is 0.422 e. The van der Waals surface area contributed by atoms with Crippen molar-refractivity contribution >= 4 is 23.4 Å². The van der Waals surface area contributed by atoms with E-state index in [-0.39, 0.29) is 24.3 Å². The molecule has 0 radical (unpaired) electrons. The van der Waals surface area contributed by atoms with Crippen molar-refractivity contribution in [1.29, 1.82) is 0 Å². The second-order valence-electron chi connectivity index (χ2n) is 5.31. The topological polar surface area (TPSA) is 102 Å². The Kier molecular flexibility index (Phi) is 5.45. The number of halogens is 3. The van der Waals surface area contributed by atoms with E-state index in [2.05, 4.69) is 10.1 Å². The van der Waals surface area contributed by atoms with E-state index < -0.39 is 35.7 Å². The number of alkyl halides is 3. The van der Waals surface area contributed by atoms with E-state index in [1.54, 1.807) is 0 Å². The van der Waals surface area contributed by atoms with Gasteiger partial charge in [-0.3, -0.25) is 19.8 Å². The number of nitro groups is 1. The standard InChI is InChI=1S/C14H14F3N3O5/c15-14(16,17)8-25-13(22)19-7-1-2-11(19)12(21)18-9-3-5-10(6-4-9)20(23)24/h3-6,11H,1-2,7-8H2,(H,18,21). The van der Waals surface area contributed by atoms with Crippen molar-refractivity contribution < 1.29 is 32.4 Å². The summed E-state index contributed by atoms with van der Waals surface area (Å²) in [5.41, 5.74) is 0.113. The molecule has 0 saturated carbocycles. The fourth-order valence-corrected chi connectivity index (χ4v) is 2.38. The van der Waals surface area contributed by atoms with Gasteiger partial charge in [0.1, 0.15) is 6.04 Å². The summed E-state index contributed by atoms with van der Waals surface area (Å²) in [6.07, 6.45) is -5.13. The quantitative estimate of drug-likeness (QED) is 0.656. The molecule has 2 amide bonds. The van der Waals surface area contributed by atoms with Gasteiger partial charge in [-0.1, -0.05) is 0 Å². The van der Waals surface area contributed by atoms with Crippen LogP contribution in [0.3, 0.4) is 0 Å². The van der Waals surface area contributed by atoms with Crippen LogP contribution in [0.2, 0.25) is 0 Å². The number of anilines is 1. The first-order valence-corrected chi connectivity index (χ1v) is 7.23. The molecule has 0 aromatic heterocycles. The summed E-state index contributed by atoms with van der Waals surface area (Å²) >= 11 is 0. The number of nitrogens with zero attached hydrogens (tertiary/aromatic N) is 2. The summed E-state index contributed by atoms with van der Waals surface area (Å²) in [5, 5.41) is 13.0. The van der Waals surface area contributed by atoms with E-state index in [1.165, 1.54) is 24.3 Å². The van der Waals surface area contributed by atoms with Crippen molar-refractivity contribution in [2.75, 3.05) is 18.5 Å². The highest BCUT2D eigenvalue weighted by Gasteiger charge is 2.37. The zero-order valence-corrected chi connectivity index (χ0v) is 12.8. The van der Waals surface area contributed by atoms with E-state index in [4.69, 9.17) is 0 Å². The third kappa shape index (κ3) is 5.06. The molecule has 2 rings (SSSR count). The van der Waals surface area contributed by atoms with Crippen LogP contribution >= 0.6 is 0 Å². The molecule has 0 spiro atoms. The Bertz CT molecular complexity index is 663. The number of rotatable bonds is 4. The van der Waals surface area contributed by atoms with Crippen molar-refractivity contribution in [2.24, 2.45) is 0 Å². The van der Waals surface area contributed by atoms with Crippen molar-refractivity contribution in [1.82, 2.24) is 4.90 Å². The number of likely N-dealkylation sites (tertiary alicyclic amines) is 1.